The second kappa shape index (κ2) is 10.1. The van der Waals surface area contributed by atoms with Crippen LogP contribution in [0.2, 0.25) is 0 Å². The summed E-state index contributed by atoms with van der Waals surface area (Å²) >= 11 is 0. The molecular weight excluding hydrogens is 465 g/mol. The maximum absolute atomic E-state index is 12.8. The molecule has 0 aliphatic rings. The summed E-state index contributed by atoms with van der Waals surface area (Å²) in [5.41, 5.74) is -5.49. The number of ether oxygens (including phenoxy) is 1. The van der Waals surface area contributed by atoms with Gasteiger partial charge < -0.3 is 19.6 Å². The minimum absolute atomic E-state index is 0.150. The number of carbonyl (C=O) groups excluding carboxylic acids is 2. The smallest absolute Gasteiger partial charge is 0.444 e. The van der Waals surface area contributed by atoms with Crippen molar-refractivity contribution in [2.75, 3.05) is 0 Å². The molecule has 33 heavy (non-hydrogen) atoms. The van der Waals surface area contributed by atoms with E-state index in [0.717, 1.165) is 29.8 Å². The van der Waals surface area contributed by atoms with Crippen LogP contribution in [0, 0.1) is 0 Å². The van der Waals surface area contributed by atoms with E-state index in [0.29, 0.717) is 0 Å². The number of carbonyl (C=O) groups is 2. The molecule has 0 spiro atoms. The lowest BCUT2D eigenvalue weighted by atomic mass is 10.1. The zero-order chi connectivity index (χ0) is 24.9. The molecule has 0 bridgehead atoms. The highest BCUT2D eigenvalue weighted by Gasteiger charge is 2.48. The number of hydrogen-bond donors (Lipinski definition) is 2. The third-order valence-electron chi connectivity index (χ3n) is 3.94. The number of hydrogen-bond acceptors (Lipinski definition) is 6. The van der Waals surface area contributed by atoms with Crippen LogP contribution >= 0.6 is 0 Å². The second-order valence-electron chi connectivity index (χ2n) is 7.83. The van der Waals surface area contributed by atoms with Gasteiger partial charge in [0.25, 0.3) is 0 Å². The van der Waals surface area contributed by atoms with E-state index in [4.69, 9.17) is 4.74 Å². The van der Waals surface area contributed by atoms with Crippen molar-refractivity contribution < 1.29 is 40.1 Å². The van der Waals surface area contributed by atoms with Crippen LogP contribution in [0.4, 0.5) is 18.0 Å². The third-order valence-corrected chi connectivity index (χ3v) is 4.91. The van der Waals surface area contributed by atoms with Gasteiger partial charge in [0, 0.05) is 6.54 Å². The van der Waals surface area contributed by atoms with Crippen LogP contribution < -0.4 is 14.8 Å². The van der Waals surface area contributed by atoms with E-state index in [1.807, 2.05) is 0 Å². The third kappa shape index (κ3) is 7.97. The molecule has 0 radical (unpaired) electrons. The Bertz CT molecular complexity index is 1070. The molecule has 2 aromatic rings. The van der Waals surface area contributed by atoms with Crippen molar-refractivity contribution in [2.45, 2.75) is 44.5 Å². The van der Waals surface area contributed by atoms with Crippen molar-refractivity contribution in [1.29, 1.82) is 0 Å². The minimum atomic E-state index is -5.85. The van der Waals surface area contributed by atoms with Gasteiger partial charge in [0.15, 0.2) is 0 Å². The van der Waals surface area contributed by atoms with E-state index in [1.54, 1.807) is 51.1 Å². The fourth-order valence-corrected chi connectivity index (χ4v) is 2.96. The average Bonchev–Trinajstić information content (AvgIpc) is 2.69. The molecule has 8 nitrogen and oxygen atoms in total. The average molecular weight is 488 g/mol. The highest BCUT2D eigenvalue weighted by Crippen LogP contribution is 2.28. The predicted octanol–water partition coefficient (Wildman–Crippen LogP) is 3.80. The van der Waals surface area contributed by atoms with Gasteiger partial charge in [0.1, 0.15) is 17.4 Å². The van der Waals surface area contributed by atoms with Gasteiger partial charge in [-0.3, -0.25) is 4.79 Å². The maximum Gasteiger partial charge on any atom is 0.534 e. The van der Waals surface area contributed by atoms with Gasteiger partial charge in [0.05, 0.1) is 0 Å². The standard InChI is InChI=1S/C21H23F3N2O6S/c1-20(2,3)31-19(28)26-17(18(27)25-13-14-7-5-4-6-8-14)15-9-11-16(12-10-15)32-33(29,30)21(22,23)24/h4-12,17H,13H2,1-3H3,(H,25,27)(H,26,28)/t17-/m1/s1. The van der Waals surface area contributed by atoms with E-state index >= 15 is 0 Å². The number of alkyl halides is 3. The number of alkyl carbamates (subject to hydrolysis) is 1. The molecule has 180 valence electrons. The number of halogens is 3. The Labute approximate surface area is 189 Å². The Hall–Kier alpha value is -3.28. The van der Waals surface area contributed by atoms with Gasteiger partial charge in [-0.25, -0.2) is 4.79 Å². The first-order valence-corrected chi connectivity index (χ1v) is 11.0. The van der Waals surface area contributed by atoms with E-state index < -0.39 is 45.0 Å². The quantitative estimate of drug-likeness (QED) is 0.453. The lowest BCUT2D eigenvalue weighted by Gasteiger charge is -2.23. The zero-order valence-corrected chi connectivity index (χ0v) is 18.8. The minimum Gasteiger partial charge on any atom is -0.444 e. The molecule has 0 saturated carbocycles. The summed E-state index contributed by atoms with van der Waals surface area (Å²) in [7, 11) is -5.85. The van der Waals surface area contributed by atoms with E-state index in [2.05, 4.69) is 14.8 Å². The Morgan fingerprint density at radius 2 is 1.55 bits per heavy atom. The lowest BCUT2D eigenvalue weighted by molar-refractivity contribution is -0.123. The number of benzene rings is 2. The van der Waals surface area contributed by atoms with Crippen LogP contribution in [0.1, 0.15) is 37.9 Å². The summed E-state index contributed by atoms with van der Waals surface area (Å²) in [6.45, 7) is 5.04. The van der Waals surface area contributed by atoms with Gasteiger partial charge >= 0.3 is 21.7 Å². The molecule has 0 saturated heterocycles. The van der Waals surface area contributed by atoms with Crippen LogP contribution in [0.3, 0.4) is 0 Å². The topological polar surface area (TPSA) is 111 Å². The summed E-state index contributed by atoms with van der Waals surface area (Å²) in [4.78, 5) is 25.0. The summed E-state index contributed by atoms with van der Waals surface area (Å²) in [5.74, 6) is -1.24. The fourth-order valence-electron chi connectivity index (χ4n) is 2.50. The van der Waals surface area contributed by atoms with Crippen LogP contribution in [-0.2, 0) is 26.2 Å². The van der Waals surface area contributed by atoms with E-state index in [1.165, 1.54) is 0 Å². The predicted molar refractivity (Wildman–Crippen MR) is 112 cm³/mol. The number of amides is 2. The Kier molecular flexibility index (Phi) is 7.96. The van der Waals surface area contributed by atoms with Crippen molar-refractivity contribution in [2.24, 2.45) is 0 Å². The highest BCUT2D eigenvalue weighted by molar-refractivity contribution is 7.88. The number of nitrogens with one attached hydrogen (secondary N) is 2. The van der Waals surface area contributed by atoms with E-state index in [9.17, 15) is 31.2 Å². The van der Waals surface area contributed by atoms with Gasteiger partial charge in [0.2, 0.25) is 5.91 Å². The Morgan fingerprint density at radius 3 is 2.06 bits per heavy atom. The molecule has 2 aromatic carbocycles. The van der Waals surface area contributed by atoms with Crippen molar-refractivity contribution in [3.63, 3.8) is 0 Å². The maximum atomic E-state index is 12.8. The first kappa shape index (κ1) is 26.0. The summed E-state index contributed by atoms with van der Waals surface area (Å²) in [6, 6.07) is 11.8. The molecule has 1 atom stereocenters. The van der Waals surface area contributed by atoms with Crippen molar-refractivity contribution in [1.82, 2.24) is 10.6 Å². The first-order chi connectivity index (χ1) is 15.2. The Balaban J connectivity index is 2.22. The second-order valence-corrected chi connectivity index (χ2v) is 9.37. The molecule has 0 heterocycles. The molecule has 0 fully saturated rings. The molecule has 0 aliphatic carbocycles. The Morgan fingerprint density at radius 1 is 0.970 bits per heavy atom. The van der Waals surface area contributed by atoms with Gasteiger partial charge in [-0.15, -0.1) is 0 Å². The zero-order valence-electron chi connectivity index (χ0n) is 18.0. The molecule has 12 heteroatoms. The molecule has 2 N–H and O–H groups in total. The van der Waals surface area contributed by atoms with Crippen LogP contribution in [0.15, 0.2) is 54.6 Å². The molecule has 2 rings (SSSR count). The molecule has 2 amide bonds. The van der Waals surface area contributed by atoms with Crippen molar-refractivity contribution in [3.05, 3.63) is 65.7 Å². The van der Waals surface area contributed by atoms with Gasteiger partial charge in [-0.2, -0.15) is 21.6 Å². The first-order valence-electron chi connectivity index (χ1n) is 9.60. The SMILES string of the molecule is CC(C)(C)OC(=O)N[C@@H](C(=O)NCc1ccccc1)c1ccc(OS(=O)(=O)C(F)(F)F)cc1. The highest BCUT2D eigenvalue weighted by atomic mass is 32.2. The monoisotopic (exact) mass is 488 g/mol. The van der Waals surface area contributed by atoms with Crippen LogP contribution in [0.5, 0.6) is 5.75 Å². The van der Waals surface area contributed by atoms with Crippen LogP contribution in [-0.4, -0.2) is 31.5 Å². The molecule has 0 aliphatic heterocycles. The van der Waals surface area contributed by atoms with E-state index in [-0.39, 0.29) is 12.1 Å². The van der Waals surface area contributed by atoms with Gasteiger partial charge in [-0.05, 0) is 44.0 Å². The lowest BCUT2D eigenvalue weighted by Crippen LogP contribution is -2.42. The van der Waals surface area contributed by atoms with Crippen molar-refractivity contribution >= 4 is 22.1 Å². The normalized spacial score (nSPS) is 13.0. The molecule has 0 unspecified atom stereocenters. The molecular formula is C21H23F3N2O6S. The fraction of sp³-hybridized carbons (Fsp3) is 0.333. The molecule has 0 aromatic heterocycles. The largest absolute Gasteiger partial charge is 0.534 e. The van der Waals surface area contributed by atoms with Crippen molar-refractivity contribution in [3.8, 4) is 5.75 Å². The van der Waals surface area contributed by atoms with Crippen LogP contribution in [0.25, 0.3) is 0 Å². The summed E-state index contributed by atoms with van der Waals surface area (Å²) in [5, 5.41) is 5.06. The number of rotatable bonds is 7. The summed E-state index contributed by atoms with van der Waals surface area (Å²) in [6.07, 6.45) is -0.901. The summed E-state index contributed by atoms with van der Waals surface area (Å²) < 4.78 is 69.1. The van der Waals surface area contributed by atoms with Gasteiger partial charge in [-0.1, -0.05) is 42.5 Å².